The lowest BCUT2D eigenvalue weighted by molar-refractivity contribution is -0.139. The van der Waals surface area contributed by atoms with Crippen LogP contribution in [0.1, 0.15) is 89.5 Å². The maximum atomic E-state index is 13.4. The summed E-state index contributed by atoms with van der Waals surface area (Å²) >= 11 is 0. The molecule has 41 heavy (non-hydrogen) atoms. The van der Waals surface area contributed by atoms with E-state index in [0.717, 1.165) is 42.0 Å². The van der Waals surface area contributed by atoms with Crippen molar-refractivity contribution < 1.29 is 19.5 Å². The van der Waals surface area contributed by atoms with Gasteiger partial charge in [0.25, 0.3) is 0 Å². The van der Waals surface area contributed by atoms with Gasteiger partial charge < -0.3 is 26.4 Å². The molecule has 0 spiro atoms. The molecule has 0 aromatic heterocycles. The molecule has 1 saturated heterocycles. The first kappa shape index (κ1) is 32.5. The molecule has 8 nitrogen and oxygen atoms in total. The molecule has 226 valence electrons. The van der Waals surface area contributed by atoms with Crippen LogP contribution < -0.4 is 16.4 Å². The third kappa shape index (κ3) is 10.7. The summed E-state index contributed by atoms with van der Waals surface area (Å²) in [4.78, 5) is 41.3. The van der Waals surface area contributed by atoms with E-state index in [1.54, 1.807) is 4.90 Å². The van der Waals surface area contributed by atoms with Crippen LogP contribution in [0.15, 0.2) is 42.5 Å². The molecular weight excluding hydrogens is 516 g/mol. The number of hydrogen-bond acceptors (Lipinski definition) is 5. The molecule has 0 saturated carbocycles. The lowest BCUT2D eigenvalue weighted by atomic mass is 10.0. The van der Waals surface area contributed by atoms with Crippen molar-refractivity contribution in [2.24, 2.45) is 5.73 Å². The second kappa shape index (κ2) is 17.8. The van der Waals surface area contributed by atoms with Gasteiger partial charge >= 0.3 is 0 Å². The van der Waals surface area contributed by atoms with Gasteiger partial charge in [-0.15, -0.1) is 0 Å². The fourth-order valence-electron chi connectivity index (χ4n) is 5.57. The molecule has 5 N–H and O–H groups in total. The number of carbonyl (C=O) groups excluding carboxylic acids is 3. The first-order valence-corrected chi connectivity index (χ1v) is 15.7. The van der Waals surface area contributed by atoms with Gasteiger partial charge in [-0.2, -0.15) is 0 Å². The lowest BCUT2D eigenvalue weighted by Gasteiger charge is -2.27. The number of benzene rings is 2. The van der Waals surface area contributed by atoms with Crippen molar-refractivity contribution in [3.05, 3.63) is 48.0 Å². The molecule has 1 aliphatic rings. The quantitative estimate of drug-likeness (QED) is 0.201. The minimum absolute atomic E-state index is 0.00615. The number of hydrogen-bond donors (Lipinski definition) is 4. The zero-order valence-corrected chi connectivity index (χ0v) is 24.8. The molecule has 1 fully saturated rings. The van der Waals surface area contributed by atoms with E-state index in [1.165, 1.54) is 38.5 Å². The summed E-state index contributed by atoms with van der Waals surface area (Å²) in [5.74, 6) is -0.667. The molecule has 2 aromatic carbocycles. The van der Waals surface area contributed by atoms with Crippen molar-refractivity contribution in [3.8, 4) is 0 Å². The van der Waals surface area contributed by atoms with Crippen LogP contribution in [0.3, 0.4) is 0 Å². The van der Waals surface area contributed by atoms with Gasteiger partial charge in [0.2, 0.25) is 17.7 Å². The van der Waals surface area contributed by atoms with Gasteiger partial charge in [0.15, 0.2) is 0 Å². The van der Waals surface area contributed by atoms with E-state index in [4.69, 9.17) is 5.73 Å². The minimum Gasteiger partial charge on any atom is -0.390 e. The molecule has 0 radical (unpaired) electrons. The Morgan fingerprint density at radius 2 is 1.66 bits per heavy atom. The summed E-state index contributed by atoms with van der Waals surface area (Å²) in [7, 11) is 0. The largest absolute Gasteiger partial charge is 0.390 e. The van der Waals surface area contributed by atoms with E-state index in [1.807, 2.05) is 42.5 Å². The second-order valence-corrected chi connectivity index (χ2v) is 11.4. The Labute approximate surface area is 245 Å². The van der Waals surface area contributed by atoms with Gasteiger partial charge in [0.1, 0.15) is 12.1 Å². The van der Waals surface area contributed by atoms with Crippen molar-refractivity contribution in [2.75, 3.05) is 19.6 Å². The van der Waals surface area contributed by atoms with E-state index >= 15 is 0 Å². The molecule has 3 rings (SSSR count). The highest BCUT2D eigenvalue weighted by Crippen LogP contribution is 2.21. The Morgan fingerprint density at radius 3 is 2.37 bits per heavy atom. The summed E-state index contributed by atoms with van der Waals surface area (Å²) in [6, 6.07) is 12.6. The normalized spacial score (nSPS) is 16.5. The first-order chi connectivity index (χ1) is 19.9. The van der Waals surface area contributed by atoms with Gasteiger partial charge in [-0.3, -0.25) is 14.4 Å². The fraction of sp³-hybridized carbons (Fsp3) is 0.606. The predicted molar refractivity (Wildman–Crippen MR) is 164 cm³/mol. The van der Waals surface area contributed by atoms with Crippen LogP contribution in [0.5, 0.6) is 0 Å². The Hall–Kier alpha value is -2.97. The minimum atomic E-state index is -0.861. The molecule has 2 unspecified atom stereocenters. The standard InChI is InChI=1S/C33H50N4O4/c1-2-3-4-5-6-7-8-9-10-17-31(39)37-20-13-16-30(37)33(41)36-29(32(40)35-24-28(38)23-34)22-25-18-19-26-14-11-12-15-27(26)21-25/h11-12,14-15,18-19,21,28-30,38H,2-10,13,16-17,20,22-24,34H2,1H3,(H,35,40)(H,36,41)/t28?,29-,30?/m1/s1. The lowest BCUT2D eigenvalue weighted by Crippen LogP contribution is -2.54. The number of nitrogens with one attached hydrogen (secondary N) is 2. The molecule has 8 heteroatoms. The second-order valence-electron chi connectivity index (χ2n) is 11.4. The number of amides is 3. The summed E-state index contributed by atoms with van der Waals surface area (Å²) in [5.41, 5.74) is 6.40. The van der Waals surface area contributed by atoms with Crippen molar-refractivity contribution in [1.82, 2.24) is 15.5 Å². The molecule has 0 aliphatic carbocycles. The zero-order valence-electron chi connectivity index (χ0n) is 24.8. The van der Waals surface area contributed by atoms with Gasteiger partial charge in [0.05, 0.1) is 6.10 Å². The topological polar surface area (TPSA) is 125 Å². The van der Waals surface area contributed by atoms with Gasteiger partial charge in [0, 0.05) is 32.5 Å². The molecule has 2 aromatic rings. The summed E-state index contributed by atoms with van der Waals surface area (Å²) in [6.07, 6.45) is 11.9. The molecule has 1 aliphatic heterocycles. The van der Waals surface area contributed by atoms with Crippen molar-refractivity contribution in [1.29, 1.82) is 0 Å². The van der Waals surface area contributed by atoms with Crippen LogP contribution in [0.25, 0.3) is 10.8 Å². The van der Waals surface area contributed by atoms with Crippen molar-refractivity contribution in [2.45, 2.75) is 109 Å². The highest BCUT2D eigenvalue weighted by molar-refractivity contribution is 5.92. The van der Waals surface area contributed by atoms with Crippen LogP contribution in [-0.4, -0.2) is 65.5 Å². The average Bonchev–Trinajstić information content (AvgIpc) is 3.49. The number of nitrogens with two attached hydrogens (primary N) is 1. The summed E-state index contributed by atoms with van der Waals surface area (Å²) in [5, 5.41) is 17.6. The number of aliphatic hydroxyl groups is 1. The van der Waals surface area contributed by atoms with E-state index < -0.39 is 18.2 Å². The van der Waals surface area contributed by atoms with E-state index in [2.05, 4.69) is 17.6 Å². The predicted octanol–water partition coefficient (Wildman–Crippen LogP) is 4.21. The Morgan fingerprint density at radius 1 is 0.976 bits per heavy atom. The third-order valence-electron chi connectivity index (χ3n) is 8.04. The van der Waals surface area contributed by atoms with E-state index in [0.29, 0.717) is 25.8 Å². The SMILES string of the molecule is CCCCCCCCCCCC(=O)N1CCCC1C(=O)N[C@H](Cc1ccc2ccccc2c1)C(=O)NCC(O)CN. The highest BCUT2D eigenvalue weighted by atomic mass is 16.3. The van der Waals surface area contributed by atoms with Crippen LogP contribution in [-0.2, 0) is 20.8 Å². The average molecular weight is 567 g/mol. The number of aliphatic hydroxyl groups excluding tert-OH is 1. The smallest absolute Gasteiger partial charge is 0.243 e. The molecule has 1 heterocycles. The van der Waals surface area contributed by atoms with Gasteiger partial charge in [-0.1, -0.05) is 101 Å². The number of rotatable bonds is 18. The zero-order chi connectivity index (χ0) is 29.5. The summed E-state index contributed by atoms with van der Waals surface area (Å²) < 4.78 is 0. The maximum absolute atomic E-state index is 13.4. The van der Waals surface area contributed by atoms with Crippen LogP contribution in [0, 0.1) is 0 Å². The highest BCUT2D eigenvalue weighted by Gasteiger charge is 2.35. The summed E-state index contributed by atoms with van der Waals surface area (Å²) in [6.45, 7) is 2.83. The van der Waals surface area contributed by atoms with Gasteiger partial charge in [-0.25, -0.2) is 0 Å². The number of carbonyl (C=O) groups is 3. The third-order valence-corrected chi connectivity index (χ3v) is 8.04. The Bertz CT molecular complexity index is 1110. The van der Waals surface area contributed by atoms with Crippen LogP contribution in [0.2, 0.25) is 0 Å². The molecular formula is C33H50N4O4. The monoisotopic (exact) mass is 566 g/mol. The van der Waals surface area contributed by atoms with Crippen LogP contribution >= 0.6 is 0 Å². The molecule has 0 bridgehead atoms. The number of nitrogens with zero attached hydrogens (tertiary/aromatic N) is 1. The first-order valence-electron chi connectivity index (χ1n) is 15.7. The van der Waals surface area contributed by atoms with E-state index in [9.17, 15) is 19.5 Å². The van der Waals surface area contributed by atoms with Crippen molar-refractivity contribution >= 4 is 28.5 Å². The number of fused-ring (bicyclic) bond motifs is 1. The van der Waals surface area contributed by atoms with Crippen molar-refractivity contribution in [3.63, 3.8) is 0 Å². The van der Waals surface area contributed by atoms with Gasteiger partial charge in [-0.05, 0) is 35.6 Å². The Kier molecular flexibility index (Phi) is 14.1. The van der Waals surface area contributed by atoms with Crippen LogP contribution in [0.4, 0.5) is 0 Å². The molecule has 3 amide bonds. The van der Waals surface area contributed by atoms with E-state index in [-0.39, 0.29) is 30.8 Å². The number of likely N-dealkylation sites (tertiary alicyclic amines) is 1. The fourth-order valence-corrected chi connectivity index (χ4v) is 5.57. The Balaban J connectivity index is 1.56. The number of unbranched alkanes of at least 4 members (excludes halogenated alkanes) is 8. The maximum Gasteiger partial charge on any atom is 0.243 e. The molecule has 3 atom stereocenters.